The second-order valence-corrected chi connectivity index (χ2v) is 8.25. The molecule has 1 aliphatic rings. The van der Waals surface area contributed by atoms with Gasteiger partial charge in [0.25, 0.3) is 0 Å². The van der Waals surface area contributed by atoms with Crippen LogP contribution in [0.25, 0.3) is 0 Å². The number of ether oxygens (including phenoxy) is 3. The highest BCUT2D eigenvalue weighted by atomic mass is 16.6. The van der Waals surface area contributed by atoms with E-state index in [4.69, 9.17) is 14.2 Å². The van der Waals surface area contributed by atoms with E-state index in [9.17, 15) is 9.59 Å². The summed E-state index contributed by atoms with van der Waals surface area (Å²) in [7, 11) is 0. The van der Waals surface area contributed by atoms with Crippen molar-refractivity contribution in [2.75, 3.05) is 25.1 Å². The highest BCUT2D eigenvalue weighted by Gasteiger charge is 2.20. The third kappa shape index (κ3) is 5.32. The van der Waals surface area contributed by atoms with E-state index in [0.29, 0.717) is 49.0 Å². The lowest BCUT2D eigenvalue weighted by Gasteiger charge is -2.21. The van der Waals surface area contributed by atoms with Crippen molar-refractivity contribution < 1.29 is 23.8 Å². The van der Waals surface area contributed by atoms with E-state index < -0.39 is 0 Å². The van der Waals surface area contributed by atoms with Crippen molar-refractivity contribution in [1.29, 1.82) is 0 Å². The van der Waals surface area contributed by atoms with Crippen molar-refractivity contribution in [1.82, 2.24) is 0 Å². The lowest BCUT2D eigenvalue weighted by Crippen LogP contribution is -2.17. The number of nitrogens with one attached hydrogen (secondary N) is 1. The number of benzene rings is 2. The largest absolute Gasteiger partial charge is 0.486 e. The molecule has 1 aliphatic heterocycles. The summed E-state index contributed by atoms with van der Waals surface area (Å²) in [5.41, 5.74) is 2.94. The number of hydrogen-bond donors (Lipinski definition) is 1. The predicted molar refractivity (Wildman–Crippen MR) is 115 cm³/mol. The van der Waals surface area contributed by atoms with E-state index in [0.717, 1.165) is 11.1 Å². The molecule has 30 heavy (non-hydrogen) atoms. The molecule has 0 radical (unpaired) electrons. The molecular weight excluding hydrogens is 382 g/mol. The molecule has 160 valence electrons. The van der Waals surface area contributed by atoms with Crippen LogP contribution < -0.4 is 14.8 Å². The molecule has 0 saturated carbocycles. The average Bonchev–Trinajstić information content (AvgIpc) is 2.71. The van der Waals surface area contributed by atoms with Gasteiger partial charge in [-0.05, 0) is 48.1 Å². The fraction of sp³-hybridized carbons (Fsp3) is 0.417. The van der Waals surface area contributed by atoms with Gasteiger partial charge in [-0.3, -0.25) is 4.79 Å². The van der Waals surface area contributed by atoms with E-state index >= 15 is 0 Å². The minimum absolute atomic E-state index is 0.0879. The van der Waals surface area contributed by atoms with Gasteiger partial charge in [0, 0.05) is 18.2 Å². The molecule has 0 aliphatic carbocycles. The van der Waals surface area contributed by atoms with Crippen LogP contribution in [0.1, 0.15) is 55.6 Å². The van der Waals surface area contributed by atoms with Gasteiger partial charge in [0.05, 0.1) is 12.2 Å². The highest BCUT2D eigenvalue weighted by Crippen LogP contribution is 2.32. The number of anilines is 1. The molecule has 0 unspecified atom stereocenters. The molecular formula is C24H29NO5. The summed E-state index contributed by atoms with van der Waals surface area (Å²) in [5.74, 6) is 0.811. The molecule has 2 aromatic carbocycles. The topological polar surface area (TPSA) is 73.9 Å². The fourth-order valence-corrected chi connectivity index (χ4v) is 3.25. The first-order valence-electron chi connectivity index (χ1n) is 10.3. The normalized spacial score (nSPS) is 12.9. The SMILES string of the molecule is CCOC(=O)c1cc(C(C)(C)C)ccc1CCC(=O)Nc1ccc2c(c1)OCCO2. The number of fused-ring (bicyclic) bond motifs is 1. The Morgan fingerprint density at radius 3 is 2.47 bits per heavy atom. The van der Waals surface area contributed by atoms with Crippen molar-refractivity contribution in [2.45, 2.75) is 46.0 Å². The van der Waals surface area contributed by atoms with Crippen LogP contribution >= 0.6 is 0 Å². The first-order chi connectivity index (χ1) is 14.3. The first-order valence-corrected chi connectivity index (χ1v) is 10.3. The lowest BCUT2D eigenvalue weighted by atomic mass is 9.84. The molecule has 6 heteroatoms. The maximum Gasteiger partial charge on any atom is 0.338 e. The van der Waals surface area contributed by atoms with Gasteiger partial charge >= 0.3 is 5.97 Å². The third-order valence-corrected chi connectivity index (χ3v) is 4.92. The lowest BCUT2D eigenvalue weighted by molar-refractivity contribution is -0.116. The van der Waals surface area contributed by atoms with E-state index in [-0.39, 0.29) is 23.7 Å². The van der Waals surface area contributed by atoms with Crippen molar-refractivity contribution >= 4 is 17.6 Å². The Morgan fingerprint density at radius 2 is 1.77 bits per heavy atom. The van der Waals surface area contributed by atoms with Crippen LogP contribution in [-0.2, 0) is 21.4 Å². The van der Waals surface area contributed by atoms with Gasteiger partial charge in [0.1, 0.15) is 13.2 Å². The number of rotatable bonds is 6. The van der Waals surface area contributed by atoms with Gasteiger partial charge in [-0.2, -0.15) is 0 Å². The molecule has 0 saturated heterocycles. The van der Waals surface area contributed by atoms with Crippen LogP contribution in [0.2, 0.25) is 0 Å². The summed E-state index contributed by atoms with van der Waals surface area (Å²) < 4.78 is 16.3. The van der Waals surface area contributed by atoms with Crippen molar-refractivity contribution in [3.05, 3.63) is 53.1 Å². The number of amides is 1. The van der Waals surface area contributed by atoms with Crippen LogP contribution in [0.3, 0.4) is 0 Å². The Balaban J connectivity index is 1.69. The zero-order valence-corrected chi connectivity index (χ0v) is 18.0. The smallest absolute Gasteiger partial charge is 0.338 e. The van der Waals surface area contributed by atoms with Crippen LogP contribution in [0.4, 0.5) is 5.69 Å². The van der Waals surface area contributed by atoms with Gasteiger partial charge in [0.2, 0.25) is 5.91 Å². The molecule has 2 aromatic rings. The Bertz CT molecular complexity index is 930. The first kappa shape index (κ1) is 21.7. The molecule has 6 nitrogen and oxygen atoms in total. The number of esters is 1. The highest BCUT2D eigenvalue weighted by molar-refractivity contribution is 5.93. The maximum absolute atomic E-state index is 12.5. The fourth-order valence-electron chi connectivity index (χ4n) is 3.25. The monoisotopic (exact) mass is 411 g/mol. The predicted octanol–water partition coefficient (Wildman–Crippen LogP) is 4.50. The van der Waals surface area contributed by atoms with Crippen molar-refractivity contribution in [2.24, 2.45) is 0 Å². The van der Waals surface area contributed by atoms with Gasteiger partial charge < -0.3 is 19.5 Å². The molecule has 1 heterocycles. The summed E-state index contributed by atoms with van der Waals surface area (Å²) in [6.07, 6.45) is 0.685. The summed E-state index contributed by atoms with van der Waals surface area (Å²) in [6, 6.07) is 11.1. The standard InChI is InChI=1S/C24H29NO5/c1-5-28-23(27)19-14-17(24(2,3)4)8-6-16(19)7-11-22(26)25-18-9-10-20-21(15-18)30-13-12-29-20/h6,8-10,14-15H,5,7,11-13H2,1-4H3,(H,25,26). The molecule has 0 aromatic heterocycles. The Kier molecular flexibility index (Phi) is 6.65. The van der Waals surface area contributed by atoms with E-state index in [2.05, 4.69) is 26.1 Å². The molecule has 1 amide bonds. The van der Waals surface area contributed by atoms with Crippen LogP contribution in [0.15, 0.2) is 36.4 Å². The molecule has 0 spiro atoms. The van der Waals surface area contributed by atoms with Crippen molar-refractivity contribution in [3.8, 4) is 11.5 Å². The molecule has 1 N–H and O–H groups in total. The number of aryl methyl sites for hydroxylation is 1. The molecule has 3 rings (SSSR count). The summed E-state index contributed by atoms with van der Waals surface area (Å²) in [5, 5.41) is 2.88. The summed E-state index contributed by atoms with van der Waals surface area (Å²) in [4.78, 5) is 25.0. The second-order valence-electron chi connectivity index (χ2n) is 8.25. The minimum atomic E-state index is -0.356. The third-order valence-electron chi connectivity index (χ3n) is 4.92. The zero-order chi connectivity index (χ0) is 21.7. The van der Waals surface area contributed by atoms with Gasteiger partial charge in [-0.1, -0.05) is 32.9 Å². The molecule has 0 bridgehead atoms. The summed E-state index contributed by atoms with van der Waals surface area (Å²) >= 11 is 0. The average molecular weight is 411 g/mol. The van der Waals surface area contributed by atoms with Gasteiger partial charge in [-0.15, -0.1) is 0 Å². The zero-order valence-electron chi connectivity index (χ0n) is 18.0. The van der Waals surface area contributed by atoms with E-state index in [1.807, 2.05) is 18.2 Å². The Morgan fingerprint density at radius 1 is 1.03 bits per heavy atom. The number of carbonyl (C=O) groups excluding carboxylic acids is 2. The molecule has 0 atom stereocenters. The Labute approximate surface area is 177 Å². The van der Waals surface area contributed by atoms with Gasteiger partial charge in [-0.25, -0.2) is 4.79 Å². The second kappa shape index (κ2) is 9.20. The Hall–Kier alpha value is -3.02. The number of carbonyl (C=O) groups is 2. The van der Waals surface area contributed by atoms with Crippen LogP contribution in [0.5, 0.6) is 11.5 Å². The maximum atomic E-state index is 12.5. The van der Waals surface area contributed by atoms with Crippen LogP contribution in [0, 0.1) is 0 Å². The quantitative estimate of drug-likeness (QED) is 0.709. The number of hydrogen-bond acceptors (Lipinski definition) is 5. The van der Waals surface area contributed by atoms with E-state index in [1.54, 1.807) is 25.1 Å². The minimum Gasteiger partial charge on any atom is -0.486 e. The van der Waals surface area contributed by atoms with Crippen LogP contribution in [-0.4, -0.2) is 31.7 Å². The van der Waals surface area contributed by atoms with E-state index in [1.165, 1.54) is 0 Å². The van der Waals surface area contributed by atoms with Crippen molar-refractivity contribution in [3.63, 3.8) is 0 Å². The molecule has 0 fully saturated rings. The summed E-state index contributed by atoms with van der Waals surface area (Å²) in [6.45, 7) is 9.39. The van der Waals surface area contributed by atoms with Gasteiger partial charge in [0.15, 0.2) is 11.5 Å².